The Morgan fingerprint density at radius 2 is 2.08 bits per heavy atom. The van der Waals surface area contributed by atoms with Gasteiger partial charge >= 0.3 is 0 Å². The summed E-state index contributed by atoms with van der Waals surface area (Å²) in [6.07, 6.45) is 3.56. The second kappa shape index (κ2) is 9.20. The van der Waals surface area contributed by atoms with Crippen molar-refractivity contribution in [2.75, 3.05) is 0 Å². The van der Waals surface area contributed by atoms with E-state index in [4.69, 9.17) is 5.73 Å². The summed E-state index contributed by atoms with van der Waals surface area (Å²) in [4.78, 5) is 8.81. The van der Waals surface area contributed by atoms with Crippen LogP contribution in [0.25, 0.3) is 11.4 Å². The minimum absolute atomic E-state index is 0.338. The van der Waals surface area contributed by atoms with Crippen LogP contribution in [-0.4, -0.2) is 27.2 Å². The number of aliphatic imine (C=N–C) groups is 1. The summed E-state index contributed by atoms with van der Waals surface area (Å²) >= 11 is 0. The van der Waals surface area contributed by atoms with Gasteiger partial charge in [0.25, 0.3) is 0 Å². The molecule has 1 unspecified atom stereocenters. The minimum atomic E-state index is 0.338. The van der Waals surface area contributed by atoms with E-state index in [2.05, 4.69) is 46.3 Å². The molecule has 0 spiro atoms. The van der Waals surface area contributed by atoms with Gasteiger partial charge in [0.05, 0.1) is 6.54 Å². The Labute approximate surface area is 150 Å². The summed E-state index contributed by atoms with van der Waals surface area (Å²) in [5.41, 5.74) is 8.07. The first kappa shape index (κ1) is 19.0. The Hall–Kier alpha value is -2.37. The van der Waals surface area contributed by atoms with Crippen LogP contribution in [0.2, 0.25) is 0 Å². The van der Waals surface area contributed by atoms with Crippen LogP contribution < -0.4 is 11.1 Å². The van der Waals surface area contributed by atoms with Crippen molar-refractivity contribution in [2.45, 2.75) is 59.5 Å². The van der Waals surface area contributed by atoms with Crippen LogP contribution in [0.4, 0.5) is 0 Å². The molecule has 6 nitrogen and oxygen atoms in total. The van der Waals surface area contributed by atoms with E-state index in [1.807, 2.05) is 31.2 Å². The zero-order valence-electron chi connectivity index (χ0n) is 15.7. The molecule has 0 aliphatic rings. The van der Waals surface area contributed by atoms with E-state index in [1.54, 1.807) is 0 Å². The quantitative estimate of drug-likeness (QED) is 0.506. The molecule has 0 bridgehead atoms. The van der Waals surface area contributed by atoms with Gasteiger partial charge in [-0.3, -0.25) is 5.10 Å². The molecule has 2 rings (SSSR count). The van der Waals surface area contributed by atoms with Crippen molar-refractivity contribution in [1.29, 1.82) is 0 Å². The molecule has 0 aliphatic carbocycles. The first-order valence-corrected chi connectivity index (χ1v) is 8.99. The van der Waals surface area contributed by atoms with E-state index in [1.165, 1.54) is 12.8 Å². The molecule has 0 fully saturated rings. The third-order valence-corrected chi connectivity index (χ3v) is 4.03. The van der Waals surface area contributed by atoms with Crippen molar-refractivity contribution in [3.05, 3.63) is 35.7 Å². The molecule has 1 heterocycles. The van der Waals surface area contributed by atoms with E-state index in [9.17, 15) is 0 Å². The van der Waals surface area contributed by atoms with E-state index < -0.39 is 0 Å². The summed E-state index contributed by atoms with van der Waals surface area (Å²) in [7, 11) is 0. The summed E-state index contributed by atoms with van der Waals surface area (Å²) in [6, 6.07) is 8.40. The van der Waals surface area contributed by atoms with E-state index >= 15 is 0 Å². The average molecular weight is 342 g/mol. The van der Waals surface area contributed by atoms with Gasteiger partial charge in [-0.1, -0.05) is 44.9 Å². The van der Waals surface area contributed by atoms with Gasteiger partial charge in [0.2, 0.25) is 0 Å². The summed E-state index contributed by atoms with van der Waals surface area (Å²) < 4.78 is 0. The van der Waals surface area contributed by atoms with Crippen LogP contribution in [0.5, 0.6) is 0 Å². The Bertz CT molecular complexity index is 689. The SMILES string of the molecule is Cc1nc(-c2cccc(CN=C(N)NC(C)CCCC(C)C)c2)n[nH]1. The van der Waals surface area contributed by atoms with Crippen molar-refractivity contribution in [1.82, 2.24) is 20.5 Å². The second-order valence-corrected chi connectivity index (χ2v) is 7.02. The second-order valence-electron chi connectivity index (χ2n) is 7.02. The number of guanidine groups is 1. The number of nitrogens with zero attached hydrogens (tertiary/aromatic N) is 3. The molecule has 25 heavy (non-hydrogen) atoms. The molecule has 2 aromatic rings. The molecule has 0 aliphatic heterocycles. The molecule has 0 radical (unpaired) electrons. The smallest absolute Gasteiger partial charge is 0.189 e. The number of nitrogens with one attached hydrogen (secondary N) is 2. The normalized spacial score (nSPS) is 13.2. The van der Waals surface area contributed by atoms with Crippen molar-refractivity contribution in [2.24, 2.45) is 16.6 Å². The zero-order valence-corrected chi connectivity index (χ0v) is 15.7. The lowest BCUT2D eigenvalue weighted by atomic mass is 10.0. The molecule has 136 valence electrons. The number of H-pyrrole nitrogens is 1. The lowest BCUT2D eigenvalue weighted by Crippen LogP contribution is -2.38. The van der Waals surface area contributed by atoms with Crippen LogP contribution in [0.3, 0.4) is 0 Å². The Kier molecular flexibility index (Phi) is 6.98. The summed E-state index contributed by atoms with van der Waals surface area (Å²) in [5.74, 6) is 2.75. The molecule has 1 aromatic carbocycles. The van der Waals surface area contributed by atoms with Gasteiger partial charge in [0.15, 0.2) is 11.8 Å². The van der Waals surface area contributed by atoms with Gasteiger partial charge in [-0.05, 0) is 37.8 Å². The summed E-state index contributed by atoms with van der Waals surface area (Å²) in [6.45, 7) is 9.08. The molecule has 6 heteroatoms. The lowest BCUT2D eigenvalue weighted by molar-refractivity contribution is 0.493. The molecule has 0 saturated carbocycles. The van der Waals surface area contributed by atoms with E-state index in [0.717, 1.165) is 29.3 Å². The Balaban J connectivity index is 1.88. The van der Waals surface area contributed by atoms with E-state index in [-0.39, 0.29) is 0 Å². The predicted molar refractivity (Wildman–Crippen MR) is 103 cm³/mol. The first-order valence-electron chi connectivity index (χ1n) is 8.99. The molecule has 1 atom stereocenters. The zero-order chi connectivity index (χ0) is 18.2. The highest BCUT2D eigenvalue weighted by Gasteiger charge is 2.06. The topological polar surface area (TPSA) is 92.0 Å². The first-order chi connectivity index (χ1) is 11.9. The van der Waals surface area contributed by atoms with Crippen LogP contribution in [0.15, 0.2) is 29.3 Å². The third kappa shape index (κ3) is 6.57. The Morgan fingerprint density at radius 3 is 2.76 bits per heavy atom. The standard InChI is InChI=1S/C19H30N6/c1-13(2)7-5-8-14(3)22-19(20)21-12-16-9-6-10-17(11-16)18-23-15(4)24-25-18/h6,9-11,13-14H,5,7-8,12H2,1-4H3,(H3,20,21,22)(H,23,24,25). The lowest BCUT2D eigenvalue weighted by Gasteiger charge is -2.15. The monoisotopic (exact) mass is 342 g/mol. The number of nitrogens with two attached hydrogens (primary N) is 1. The van der Waals surface area contributed by atoms with Crippen LogP contribution in [0.1, 0.15) is 51.4 Å². The van der Waals surface area contributed by atoms with Gasteiger partial charge in [-0.25, -0.2) is 9.98 Å². The number of aryl methyl sites for hydroxylation is 1. The van der Waals surface area contributed by atoms with E-state index in [0.29, 0.717) is 24.4 Å². The average Bonchev–Trinajstić information content (AvgIpc) is 2.99. The highest BCUT2D eigenvalue weighted by molar-refractivity contribution is 5.78. The van der Waals surface area contributed by atoms with Crippen molar-refractivity contribution in [3.8, 4) is 11.4 Å². The maximum atomic E-state index is 6.02. The number of aromatic amines is 1. The molecular weight excluding hydrogens is 312 g/mol. The van der Waals surface area contributed by atoms with Gasteiger partial charge in [0, 0.05) is 11.6 Å². The molecule has 4 N–H and O–H groups in total. The van der Waals surface area contributed by atoms with Crippen LogP contribution in [0, 0.1) is 12.8 Å². The number of rotatable bonds is 8. The maximum Gasteiger partial charge on any atom is 0.189 e. The van der Waals surface area contributed by atoms with Gasteiger partial charge < -0.3 is 11.1 Å². The largest absolute Gasteiger partial charge is 0.370 e. The van der Waals surface area contributed by atoms with Crippen LogP contribution in [-0.2, 0) is 6.54 Å². The fourth-order valence-corrected chi connectivity index (χ4v) is 2.66. The maximum absolute atomic E-state index is 6.02. The number of benzene rings is 1. The molecule has 0 amide bonds. The Morgan fingerprint density at radius 1 is 1.28 bits per heavy atom. The fourth-order valence-electron chi connectivity index (χ4n) is 2.66. The molecule has 0 saturated heterocycles. The highest BCUT2D eigenvalue weighted by atomic mass is 15.2. The van der Waals surface area contributed by atoms with Gasteiger partial charge in [-0.15, -0.1) is 0 Å². The number of aromatic nitrogens is 3. The third-order valence-electron chi connectivity index (χ3n) is 4.03. The fraction of sp³-hybridized carbons (Fsp3) is 0.526. The summed E-state index contributed by atoms with van der Waals surface area (Å²) in [5, 5.41) is 10.3. The van der Waals surface area contributed by atoms with Crippen molar-refractivity contribution >= 4 is 5.96 Å². The van der Waals surface area contributed by atoms with Gasteiger partial charge in [0.1, 0.15) is 5.82 Å². The number of hydrogen-bond acceptors (Lipinski definition) is 3. The number of hydrogen-bond donors (Lipinski definition) is 3. The molecule has 1 aromatic heterocycles. The van der Waals surface area contributed by atoms with Crippen LogP contribution >= 0.6 is 0 Å². The van der Waals surface area contributed by atoms with Gasteiger partial charge in [-0.2, -0.15) is 5.10 Å². The molecular formula is C19H30N6. The predicted octanol–water partition coefficient (Wildman–Crippen LogP) is 3.40. The highest BCUT2D eigenvalue weighted by Crippen LogP contribution is 2.16. The minimum Gasteiger partial charge on any atom is -0.370 e. The van der Waals surface area contributed by atoms with Crippen molar-refractivity contribution < 1.29 is 0 Å². The van der Waals surface area contributed by atoms with Crippen molar-refractivity contribution in [3.63, 3.8) is 0 Å².